The molecule has 0 saturated carbocycles. The van der Waals surface area contributed by atoms with Crippen molar-refractivity contribution in [3.05, 3.63) is 48.7 Å². The van der Waals surface area contributed by atoms with E-state index in [0.29, 0.717) is 0 Å². The fraction of sp³-hybridized carbons (Fsp3) is 0. The first-order valence-corrected chi connectivity index (χ1v) is 6.26. The van der Waals surface area contributed by atoms with Gasteiger partial charge in [-0.05, 0) is 24.3 Å². The van der Waals surface area contributed by atoms with Crippen molar-refractivity contribution in [3.8, 4) is 0 Å². The Morgan fingerprint density at radius 3 is 2.94 bits per heavy atom. The highest BCUT2D eigenvalue weighted by molar-refractivity contribution is 7.25. The first-order chi connectivity index (χ1) is 8.42. The average Bonchev–Trinajstić information content (AvgIpc) is 2.73. The lowest BCUT2D eigenvalue weighted by Crippen LogP contribution is -1.78. The summed E-state index contributed by atoms with van der Waals surface area (Å²) in [4.78, 5) is 10.2. The molecule has 0 amide bonds. The Hall–Kier alpha value is -2.00. The Labute approximate surface area is 102 Å². The summed E-state index contributed by atoms with van der Waals surface area (Å²) in [6, 6.07) is 14.5. The summed E-state index contributed by atoms with van der Waals surface area (Å²) in [5.41, 5.74) is 2.11. The largest absolute Gasteiger partial charge is 0.255 e. The van der Waals surface area contributed by atoms with Crippen LogP contribution >= 0.6 is 11.3 Å². The van der Waals surface area contributed by atoms with E-state index in [2.05, 4.69) is 23.2 Å². The van der Waals surface area contributed by atoms with Crippen LogP contribution in [0.3, 0.4) is 0 Å². The van der Waals surface area contributed by atoms with Gasteiger partial charge in [0.05, 0.1) is 15.7 Å². The van der Waals surface area contributed by atoms with Crippen molar-refractivity contribution in [2.75, 3.05) is 0 Å². The molecular weight excluding hydrogens is 228 g/mol. The minimum absolute atomic E-state index is 1.05. The van der Waals surface area contributed by atoms with Crippen LogP contribution in [0.4, 0.5) is 0 Å². The van der Waals surface area contributed by atoms with E-state index in [1.165, 1.54) is 10.1 Å². The number of thiophene rings is 1. The van der Waals surface area contributed by atoms with Crippen LogP contribution in [0.5, 0.6) is 0 Å². The molecule has 80 valence electrons. The van der Waals surface area contributed by atoms with Crippen LogP contribution < -0.4 is 0 Å². The van der Waals surface area contributed by atoms with Gasteiger partial charge in [-0.3, -0.25) is 4.98 Å². The molecule has 0 radical (unpaired) electrons. The summed E-state index contributed by atoms with van der Waals surface area (Å²) in [6.07, 6.45) is 1.84. The molecule has 3 heterocycles. The quantitative estimate of drug-likeness (QED) is 0.461. The summed E-state index contributed by atoms with van der Waals surface area (Å²) in [5.74, 6) is 0. The number of pyridine rings is 2. The summed E-state index contributed by atoms with van der Waals surface area (Å²) in [6.45, 7) is 0. The van der Waals surface area contributed by atoms with Gasteiger partial charge >= 0.3 is 0 Å². The molecular formula is C14H8N2S. The van der Waals surface area contributed by atoms with Gasteiger partial charge in [0.1, 0.15) is 4.83 Å². The second-order valence-electron chi connectivity index (χ2n) is 3.99. The molecule has 0 aliphatic carbocycles. The number of fused-ring (bicyclic) bond motifs is 4. The molecule has 4 rings (SSSR count). The zero-order valence-corrected chi connectivity index (χ0v) is 9.74. The van der Waals surface area contributed by atoms with Crippen molar-refractivity contribution < 1.29 is 0 Å². The Balaban J connectivity index is 2.28. The minimum atomic E-state index is 1.05. The lowest BCUT2D eigenvalue weighted by atomic mass is 10.2. The summed E-state index contributed by atoms with van der Waals surface area (Å²) >= 11 is 1.70. The normalized spacial score (nSPS) is 11.5. The maximum atomic E-state index is 4.69. The van der Waals surface area contributed by atoms with Crippen LogP contribution in [0.25, 0.3) is 31.3 Å². The molecule has 0 unspecified atom stereocenters. The highest BCUT2D eigenvalue weighted by Gasteiger charge is 2.07. The summed E-state index contributed by atoms with van der Waals surface area (Å²) in [5, 5.41) is 2.33. The molecule has 17 heavy (non-hydrogen) atoms. The van der Waals surface area contributed by atoms with Crippen molar-refractivity contribution in [1.29, 1.82) is 0 Å². The van der Waals surface area contributed by atoms with Gasteiger partial charge in [-0.1, -0.05) is 18.2 Å². The summed E-state index contributed by atoms with van der Waals surface area (Å²) < 4.78 is 1.20. The number of hydrogen-bond acceptors (Lipinski definition) is 3. The van der Waals surface area contributed by atoms with Crippen LogP contribution in [-0.2, 0) is 0 Å². The topological polar surface area (TPSA) is 25.8 Å². The Morgan fingerprint density at radius 1 is 1.00 bits per heavy atom. The SMILES string of the molecule is c1ccc2nc3sc4cccnc4c3cc2c1. The molecule has 0 spiro atoms. The molecule has 3 heteroatoms. The number of rotatable bonds is 0. The molecule has 0 N–H and O–H groups in total. The van der Waals surface area contributed by atoms with Crippen molar-refractivity contribution in [2.45, 2.75) is 0 Å². The average molecular weight is 236 g/mol. The highest BCUT2D eigenvalue weighted by Crippen LogP contribution is 2.32. The van der Waals surface area contributed by atoms with Gasteiger partial charge in [0.25, 0.3) is 0 Å². The van der Waals surface area contributed by atoms with Crippen molar-refractivity contribution in [2.24, 2.45) is 0 Å². The van der Waals surface area contributed by atoms with Crippen molar-refractivity contribution in [3.63, 3.8) is 0 Å². The van der Waals surface area contributed by atoms with Gasteiger partial charge in [-0.25, -0.2) is 4.98 Å². The fourth-order valence-electron chi connectivity index (χ4n) is 2.13. The van der Waals surface area contributed by atoms with Crippen LogP contribution in [0, 0.1) is 0 Å². The van der Waals surface area contributed by atoms with Crippen molar-refractivity contribution >= 4 is 42.7 Å². The molecule has 0 bridgehead atoms. The van der Waals surface area contributed by atoms with E-state index in [1.54, 1.807) is 11.3 Å². The lowest BCUT2D eigenvalue weighted by Gasteiger charge is -1.96. The predicted molar refractivity (Wildman–Crippen MR) is 72.4 cm³/mol. The Morgan fingerprint density at radius 2 is 1.94 bits per heavy atom. The van der Waals surface area contributed by atoms with Gasteiger partial charge in [0.15, 0.2) is 0 Å². The van der Waals surface area contributed by atoms with E-state index in [4.69, 9.17) is 4.98 Å². The van der Waals surface area contributed by atoms with Gasteiger partial charge in [-0.15, -0.1) is 11.3 Å². The zero-order valence-electron chi connectivity index (χ0n) is 8.92. The maximum Gasteiger partial charge on any atom is 0.126 e. The molecule has 0 saturated heterocycles. The number of hydrogen-bond donors (Lipinski definition) is 0. The fourth-order valence-corrected chi connectivity index (χ4v) is 3.15. The predicted octanol–water partition coefficient (Wildman–Crippen LogP) is 4.00. The van der Waals surface area contributed by atoms with E-state index in [1.807, 2.05) is 30.5 Å². The molecule has 4 aromatic rings. The first-order valence-electron chi connectivity index (χ1n) is 5.45. The third kappa shape index (κ3) is 1.26. The third-order valence-electron chi connectivity index (χ3n) is 2.92. The van der Waals surface area contributed by atoms with Crippen LogP contribution in [0.1, 0.15) is 0 Å². The number of aromatic nitrogens is 2. The van der Waals surface area contributed by atoms with Crippen LogP contribution in [0.2, 0.25) is 0 Å². The van der Waals surface area contributed by atoms with E-state index in [0.717, 1.165) is 21.3 Å². The highest BCUT2D eigenvalue weighted by atomic mass is 32.1. The Bertz CT molecular complexity index is 842. The second-order valence-corrected chi connectivity index (χ2v) is 5.02. The van der Waals surface area contributed by atoms with Crippen LogP contribution in [0.15, 0.2) is 48.7 Å². The second kappa shape index (κ2) is 3.25. The smallest absolute Gasteiger partial charge is 0.126 e. The summed E-state index contributed by atoms with van der Waals surface area (Å²) in [7, 11) is 0. The zero-order chi connectivity index (χ0) is 11.2. The van der Waals surface area contributed by atoms with Gasteiger partial charge < -0.3 is 0 Å². The number of benzene rings is 1. The van der Waals surface area contributed by atoms with Crippen LogP contribution in [-0.4, -0.2) is 9.97 Å². The monoisotopic (exact) mass is 236 g/mol. The molecule has 0 aliphatic heterocycles. The Kier molecular flexibility index (Phi) is 1.73. The molecule has 1 aromatic carbocycles. The molecule has 3 aromatic heterocycles. The molecule has 0 aliphatic rings. The van der Waals surface area contributed by atoms with E-state index in [-0.39, 0.29) is 0 Å². The van der Waals surface area contributed by atoms with Gasteiger partial charge in [0.2, 0.25) is 0 Å². The maximum absolute atomic E-state index is 4.69. The molecule has 0 fully saturated rings. The van der Waals surface area contributed by atoms with E-state index in [9.17, 15) is 0 Å². The van der Waals surface area contributed by atoms with Gasteiger partial charge in [-0.2, -0.15) is 0 Å². The molecule has 2 nitrogen and oxygen atoms in total. The van der Waals surface area contributed by atoms with E-state index >= 15 is 0 Å². The number of para-hydroxylation sites is 1. The number of nitrogens with zero attached hydrogens (tertiary/aromatic N) is 2. The lowest BCUT2D eigenvalue weighted by molar-refractivity contribution is 1.44. The third-order valence-corrected chi connectivity index (χ3v) is 3.98. The standard InChI is InChI=1S/C14H8N2S/c1-2-5-11-9(4-1)8-10-13-12(6-3-7-15-13)17-14(10)16-11/h1-8H. The minimum Gasteiger partial charge on any atom is -0.255 e. The van der Waals surface area contributed by atoms with E-state index < -0.39 is 0 Å². The van der Waals surface area contributed by atoms with Crippen molar-refractivity contribution in [1.82, 2.24) is 9.97 Å². The van der Waals surface area contributed by atoms with Gasteiger partial charge in [0, 0.05) is 17.0 Å². The molecule has 0 atom stereocenters. The first kappa shape index (κ1) is 9.07.